The first kappa shape index (κ1) is 16.6. The summed E-state index contributed by atoms with van der Waals surface area (Å²) in [4.78, 5) is 12.5. The molecule has 1 aliphatic carbocycles. The monoisotopic (exact) mass is 374 g/mol. The Labute approximate surface area is 138 Å². The highest BCUT2D eigenvalue weighted by Gasteiger charge is 2.29. The second-order valence-corrected chi connectivity index (χ2v) is 6.53. The summed E-state index contributed by atoms with van der Waals surface area (Å²) in [6.07, 6.45) is 3.87. The fourth-order valence-electron chi connectivity index (χ4n) is 2.65. The maximum atomic E-state index is 12.5. The molecule has 4 nitrogen and oxygen atoms in total. The summed E-state index contributed by atoms with van der Waals surface area (Å²) in [5.74, 6) is 0.392. The van der Waals surface area contributed by atoms with Crippen molar-refractivity contribution in [2.24, 2.45) is 11.7 Å². The molecule has 6 heteroatoms. The minimum atomic E-state index is -0.147. The predicted octanol–water partition coefficient (Wildman–Crippen LogP) is 3.96. The van der Waals surface area contributed by atoms with Crippen LogP contribution < -0.4 is 15.8 Å². The number of halogens is 2. The Balaban J connectivity index is 2.19. The maximum Gasteiger partial charge on any atom is 0.229 e. The predicted molar refractivity (Wildman–Crippen MR) is 88.9 cm³/mol. The third-order valence-corrected chi connectivity index (χ3v) is 4.52. The third kappa shape index (κ3) is 4.11. The first-order valence-electron chi connectivity index (χ1n) is 7.21. The highest BCUT2D eigenvalue weighted by molar-refractivity contribution is 9.10. The van der Waals surface area contributed by atoms with Gasteiger partial charge in [-0.25, -0.2) is 0 Å². The van der Waals surface area contributed by atoms with Crippen LogP contribution in [0.1, 0.15) is 32.6 Å². The minimum Gasteiger partial charge on any atom is -0.491 e. The van der Waals surface area contributed by atoms with Gasteiger partial charge in [0.15, 0.2) is 5.75 Å². The van der Waals surface area contributed by atoms with Gasteiger partial charge in [0.2, 0.25) is 5.91 Å². The van der Waals surface area contributed by atoms with Crippen LogP contribution in [-0.2, 0) is 4.79 Å². The molecule has 0 spiro atoms. The van der Waals surface area contributed by atoms with Crippen molar-refractivity contribution in [1.82, 2.24) is 0 Å². The van der Waals surface area contributed by atoms with Gasteiger partial charge in [-0.05, 0) is 47.8 Å². The van der Waals surface area contributed by atoms with Crippen molar-refractivity contribution in [1.29, 1.82) is 0 Å². The Morgan fingerprint density at radius 3 is 2.86 bits per heavy atom. The van der Waals surface area contributed by atoms with Gasteiger partial charge in [-0.3, -0.25) is 4.79 Å². The Morgan fingerprint density at radius 1 is 1.48 bits per heavy atom. The highest BCUT2D eigenvalue weighted by Crippen LogP contribution is 2.37. The van der Waals surface area contributed by atoms with Gasteiger partial charge in [0, 0.05) is 11.1 Å². The van der Waals surface area contributed by atoms with Crippen molar-refractivity contribution in [2.45, 2.75) is 38.6 Å². The summed E-state index contributed by atoms with van der Waals surface area (Å²) >= 11 is 9.47. The van der Waals surface area contributed by atoms with E-state index in [1.165, 1.54) is 0 Å². The van der Waals surface area contributed by atoms with Crippen LogP contribution in [0.15, 0.2) is 16.6 Å². The van der Waals surface area contributed by atoms with E-state index in [4.69, 9.17) is 22.1 Å². The quantitative estimate of drug-likeness (QED) is 0.837. The lowest BCUT2D eigenvalue weighted by molar-refractivity contribution is -0.121. The van der Waals surface area contributed by atoms with Gasteiger partial charge in [-0.2, -0.15) is 0 Å². The molecule has 2 rings (SSSR count). The van der Waals surface area contributed by atoms with Gasteiger partial charge >= 0.3 is 0 Å². The molecule has 1 aromatic rings. The average molecular weight is 376 g/mol. The van der Waals surface area contributed by atoms with E-state index in [0.29, 0.717) is 23.1 Å². The number of anilines is 1. The Bertz CT molecular complexity index is 525. The number of ether oxygens (including phenoxy) is 1. The largest absolute Gasteiger partial charge is 0.491 e. The van der Waals surface area contributed by atoms with Crippen LogP contribution in [0.4, 0.5) is 5.69 Å². The number of hydrogen-bond acceptors (Lipinski definition) is 3. The van der Waals surface area contributed by atoms with Gasteiger partial charge in [-0.15, -0.1) is 0 Å². The summed E-state index contributed by atoms with van der Waals surface area (Å²) < 4.78 is 6.31. The average Bonchev–Trinajstić information content (AvgIpc) is 2.43. The zero-order valence-corrected chi connectivity index (χ0v) is 14.3. The van der Waals surface area contributed by atoms with E-state index in [9.17, 15) is 4.79 Å². The van der Waals surface area contributed by atoms with Crippen LogP contribution in [-0.4, -0.2) is 18.6 Å². The van der Waals surface area contributed by atoms with Crippen molar-refractivity contribution in [3.63, 3.8) is 0 Å². The summed E-state index contributed by atoms with van der Waals surface area (Å²) in [5, 5.41) is 3.45. The SMILES string of the molecule is CCOc1c(Br)cc(Cl)cc1NC(=O)C1CCCCC1N. The fraction of sp³-hybridized carbons (Fsp3) is 0.533. The van der Waals surface area contributed by atoms with Crippen LogP contribution in [0.25, 0.3) is 0 Å². The number of nitrogens with one attached hydrogen (secondary N) is 1. The number of hydrogen-bond donors (Lipinski definition) is 2. The molecule has 1 saturated carbocycles. The smallest absolute Gasteiger partial charge is 0.229 e. The molecule has 2 atom stereocenters. The lowest BCUT2D eigenvalue weighted by Gasteiger charge is -2.27. The van der Waals surface area contributed by atoms with E-state index >= 15 is 0 Å². The van der Waals surface area contributed by atoms with E-state index in [1.54, 1.807) is 12.1 Å². The number of amides is 1. The van der Waals surface area contributed by atoms with Crippen LogP contribution in [0, 0.1) is 5.92 Å². The van der Waals surface area contributed by atoms with E-state index in [1.807, 2.05) is 6.92 Å². The van der Waals surface area contributed by atoms with Crippen LogP contribution in [0.3, 0.4) is 0 Å². The zero-order chi connectivity index (χ0) is 15.4. The molecule has 1 aromatic carbocycles. The van der Waals surface area contributed by atoms with Crippen molar-refractivity contribution in [3.05, 3.63) is 21.6 Å². The molecule has 0 radical (unpaired) electrons. The standard InChI is InChI=1S/C15H20BrClN2O2/c1-2-21-14-11(16)7-9(17)8-13(14)19-15(20)10-5-3-4-6-12(10)18/h7-8,10,12H,2-6,18H2,1H3,(H,19,20). The Hall–Kier alpha value is -0.780. The molecule has 0 bridgehead atoms. The van der Waals surface area contributed by atoms with Crippen molar-refractivity contribution >= 4 is 39.1 Å². The first-order valence-corrected chi connectivity index (χ1v) is 8.38. The van der Waals surface area contributed by atoms with Gasteiger partial charge < -0.3 is 15.8 Å². The Morgan fingerprint density at radius 2 is 2.19 bits per heavy atom. The minimum absolute atomic E-state index is 0.0580. The van der Waals surface area contributed by atoms with Crippen LogP contribution >= 0.6 is 27.5 Å². The van der Waals surface area contributed by atoms with Crippen LogP contribution in [0.2, 0.25) is 5.02 Å². The van der Waals surface area contributed by atoms with E-state index in [0.717, 1.165) is 30.2 Å². The molecule has 3 N–H and O–H groups in total. The lowest BCUT2D eigenvalue weighted by Crippen LogP contribution is -2.40. The third-order valence-electron chi connectivity index (χ3n) is 3.71. The van der Waals surface area contributed by atoms with Crippen LogP contribution in [0.5, 0.6) is 5.75 Å². The van der Waals surface area contributed by atoms with E-state index in [2.05, 4.69) is 21.2 Å². The number of rotatable bonds is 4. The molecule has 1 fully saturated rings. The highest BCUT2D eigenvalue weighted by atomic mass is 79.9. The Kier molecular flexibility index (Phi) is 5.90. The van der Waals surface area contributed by atoms with Gasteiger partial charge in [0.05, 0.1) is 22.7 Å². The van der Waals surface area contributed by atoms with E-state index in [-0.39, 0.29) is 17.9 Å². The number of carbonyl (C=O) groups excluding carboxylic acids is 1. The molecule has 2 unspecified atom stereocenters. The van der Waals surface area contributed by atoms with Crippen molar-refractivity contribution < 1.29 is 9.53 Å². The van der Waals surface area contributed by atoms with Crippen molar-refractivity contribution in [3.8, 4) is 5.75 Å². The molecule has 0 aromatic heterocycles. The number of carbonyl (C=O) groups is 1. The van der Waals surface area contributed by atoms with Crippen molar-refractivity contribution in [2.75, 3.05) is 11.9 Å². The molecule has 1 amide bonds. The summed E-state index contributed by atoms with van der Waals surface area (Å²) in [7, 11) is 0. The normalized spacial score (nSPS) is 21.9. The molecular formula is C15H20BrClN2O2. The van der Waals surface area contributed by atoms with Gasteiger partial charge in [-0.1, -0.05) is 24.4 Å². The first-order chi connectivity index (χ1) is 10.0. The zero-order valence-electron chi connectivity index (χ0n) is 12.0. The summed E-state index contributed by atoms with van der Waals surface area (Å²) in [6.45, 7) is 2.40. The second kappa shape index (κ2) is 7.47. The number of nitrogens with two attached hydrogens (primary N) is 1. The lowest BCUT2D eigenvalue weighted by atomic mass is 9.84. The maximum absolute atomic E-state index is 12.5. The molecule has 0 aliphatic heterocycles. The molecule has 1 aliphatic rings. The second-order valence-electron chi connectivity index (χ2n) is 5.24. The fourth-order valence-corrected chi connectivity index (χ4v) is 3.58. The molecule has 116 valence electrons. The topological polar surface area (TPSA) is 64.3 Å². The van der Waals surface area contributed by atoms with E-state index < -0.39 is 0 Å². The number of benzene rings is 1. The summed E-state index contributed by atoms with van der Waals surface area (Å²) in [5.41, 5.74) is 6.65. The molecule has 0 saturated heterocycles. The van der Waals surface area contributed by atoms with Gasteiger partial charge in [0.1, 0.15) is 0 Å². The molecule has 0 heterocycles. The molecular weight excluding hydrogens is 356 g/mol. The summed E-state index contributed by atoms with van der Waals surface area (Å²) in [6, 6.07) is 3.37. The molecule has 21 heavy (non-hydrogen) atoms. The van der Waals surface area contributed by atoms with Gasteiger partial charge in [0.25, 0.3) is 0 Å².